The molecule has 0 radical (unpaired) electrons. The van der Waals surface area contributed by atoms with Gasteiger partial charge in [-0.2, -0.15) is 11.8 Å². The maximum atomic E-state index is 9.70. The molecule has 4 heterocycles. The minimum absolute atomic E-state index is 0.0919. The van der Waals surface area contributed by atoms with Crippen LogP contribution in [-0.4, -0.2) is 47.9 Å². The molecule has 5 rings (SSSR count). The van der Waals surface area contributed by atoms with Crippen molar-refractivity contribution in [3.8, 4) is 22.6 Å². The van der Waals surface area contributed by atoms with Crippen LogP contribution in [0.5, 0.6) is 11.5 Å². The van der Waals surface area contributed by atoms with E-state index in [0.29, 0.717) is 12.9 Å². The maximum absolute atomic E-state index is 9.70. The zero-order chi connectivity index (χ0) is 19.1. The fourth-order valence-corrected chi connectivity index (χ4v) is 5.83. The Hall–Kier alpha value is -1.70. The number of thioether (sulfide) groups is 1. The summed E-state index contributed by atoms with van der Waals surface area (Å²) in [5.41, 5.74) is 4.50. The van der Waals surface area contributed by atoms with Crippen molar-refractivity contribution in [2.75, 3.05) is 25.2 Å². The first-order chi connectivity index (χ1) is 13.7. The van der Waals surface area contributed by atoms with Gasteiger partial charge in [0.15, 0.2) is 11.5 Å². The van der Waals surface area contributed by atoms with Crippen LogP contribution in [0.4, 0.5) is 0 Å². The topological polar surface area (TPSA) is 60.8 Å². The van der Waals surface area contributed by atoms with Gasteiger partial charge in [-0.1, -0.05) is 6.07 Å². The summed E-state index contributed by atoms with van der Waals surface area (Å²) in [6, 6.07) is 6.31. The van der Waals surface area contributed by atoms with Gasteiger partial charge >= 0.3 is 7.12 Å². The van der Waals surface area contributed by atoms with Gasteiger partial charge in [-0.15, -0.1) is 0 Å². The van der Waals surface area contributed by atoms with E-state index in [-0.39, 0.29) is 11.5 Å². The monoisotopic (exact) mass is 397 g/mol. The Kier molecular flexibility index (Phi) is 4.77. The van der Waals surface area contributed by atoms with Crippen molar-refractivity contribution in [1.29, 1.82) is 0 Å². The summed E-state index contributed by atoms with van der Waals surface area (Å²) in [4.78, 5) is 4.49. The Morgan fingerprint density at radius 3 is 2.89 bits per heavy atom. The normalized spacial score (nSPS) is 22.9. The highest BCUT2D eigenvalue weighted by Gasteiger charge is 2.43. The van der Waals surface area contributed by atoms with E-state index >= 15 is 0 Å². The van der Waals surface area contributed by atoms with Crippen molar-refractivity contribution in [2.45, 2.75) is 37.1 Å². The standard InChI is InChI=1S/C21H24BNO4S/c1-25-19-3-2-17(18-9-21(27-20(18)19)4-6-28-7-5-21)15-8-14(11-23-12-15)16-10-22(24)26-13-16/h2-3,8,11-12,16,24H,4-7,9-10,13H2,1H3/t16-/m0/s1. The lowest BCUT2D eigenvalue weighted by atomic mass is 9.79. The number of hydrogen-bond acceptors (Lipinski definition) is 6. The van der Waals surface area contributed by atoms with E-state index in [1.54, 1.807) is 7.11 Å². The Morgan fingerprint density at radius 2 is 2.14 bits per heavy atom. The van der Waals surface area contributed by atoms with E-state index in [1.807, 2.05) is 30.2 Å². The van der Waals surface area contributed by atoms with Gasteiger partial charge in [0, 0.05) is 42.5 Å². The molecule has 0 aliphatic carbocycles. The molecule has 0 bridgehead atoms. The highest BCUT2D eigenvalue weighted by molar-refractivity contribution is 7.99. The number of pyridine rings is 1. The van der Waals surface area contributed by atoms with Gasteiger partial charge in [0.1, 0.15) is 5.60 Å². The molecule has 0 saturated carbocycles. The number of fused-ring (bicyclic) bond motifs is 1. The van der Waals surface area contributed by atoms with Crippen molar-refractivity contribution in [3.63, 3.8) is 0 Å². The van der Waals surface area contributed by atoms with Gasteiger partial charge in [-0.05, 0) is 53.9 Å². The third kappa shape index (κ3) is 3.19. The van der Waals surface area contributed by atoms with Crippen molar-refractivity contribution in [3.05, 3.63) is 41.7 Å². The number of nitrogens with zero attached hydrogens (tertiary/aromatic N) is 1. The van der Waals surface area contributed by atoms with Gasteiger partial charge < -0.3 is 19.2 Å². The Bertz CT molecular complexity index is 887. The average Bonchev–Trinajstić information content (AvgIpc) is 3.31. The molecule has 3 aliphatic heterocycles. The molecule has 1 N–H and O–H groups in total. The summed E-state index contributed by atoms with van der Waals surface area (Å²) in [6.45, 7) is 0.539. The molecule has 2 saturated heterocycles. The van der Waals surface area contributed by atoms with Gasteiger partial charge in [0.2, 0.25) is 0 Å². The van der Waals surface area contributed by atoms with Crippen LogP contribution in [0.25, 0.3) is 11.1 Å². The van der Waals surface area contributed by atoms with Gasteiger partial charge in [0.05, 0.1) is 7.11 Å². The zero-order valence-electron chi connectivity index (χ0n) is 16.0. The van der Waals surface area contributed by atoms with Crippen molar-refractivity contribution in [1.82, 2.24) is 4.98 Å². The molecule has 2 aromatic rings. The molecule has 5 nitrogen and oxygen atoms in total. The van der Waals surface area contributed by atoms with Crippen LogP contribution in [0.15, 0.2) is 30.6 Å². The molecule has 28 heavy (non-hydrogen) atoms. The number of ether oxygens (including phenoxy) is 2. The van der Waals surface area contributed by atoms with Crippen molar-refractivity contribution in [2.24, 2.45) is 0 Å². The van der Waals surface area contributed by atoms with Crippen LogP contribution in [-0.2, 0) is 11.1 Å². The van der Waals surface area contributed by atoms with Crippen LogP contribution in [0.1, 0.15) is 29.9 Å². The van der Waals surface area contributed by atoms with Crippen LogP contribution < -0.4 is 9.47 Å². The quantitative estimate of drug-likeness (QED) is 0.800. The second-order valence-electron chi connectivity index (χ2n) is 7.92. The lowest BCUT2D eigenvalue weighted by molar-refractivity contribution is 0.0825. The van der Waals surface area contributed by atoms with Crippen LogP contribution in [0.3, 0.4) is 0 Å². The first-order valence-corrected chi connectivity index (χ1v) is 11.0. The smallest absolute Gasteiger partial charge is 0.454 e. The van der Waals surface area contributed by atoms with Gasteiger partial charge in [-0.25, -0.2) is 0 Å². The molecular formula is C21H24BNO4S. The Balaban J connectivity index is 1.53. The molecule has 7 heteroatoms. The van der Waals surface area contributed by atoms with E-state index in [2.05, 4.69) is 17.1 Å². The second kappa shape index (κ2) is 7.28. The fraction of sp³-hybridized carbons (Fsp3) is 0.476. The minimum atomic E-state index is -0.670. The number of aromatic nitrogens is 1. The number of hydrogen-bond donors (Lipinski definition) is 1. The minimum Gasteiger partial charge on any atom is -0.493 e. The molecule has 1 aromatic heterocycles. The fourth-order valence-electron chi connectivity index (χ4n) is 4.59. The van der Waals surface area contributed by atoms with Crippen LogP contribution >= 0.6 is 11.8 Å². The predicted octanol–water partition coefficient (Wildman–Crippen LogP) is 3.55. The number of methoxy groups -OCH3 is 1. The summed E-state index contributed by atoms with van der Waals surface area (Å²) in [7, 11) is 1.03. The first-order valence-electron chi connectivity index (χ1n) is 9.89. The highest BCUT2D eigenvalue weighted by Crippen LogP contribution is 2.50. The molecule has 2 fully saturated rings. The van der Waals surface area contributed by atoms with Crippen molar-refractivity contribution < 1.29 is 19.2 Å². The van der Waals surface area contributed by atoms with E-state index in [1.165, 1.54) is 11.1 Å². The molecule has 1 spiro atoms. The summed E-state index contributed by atoms with van der Waals surface area (Å²) in [6.07, 6.45) is 7.49. The first kappa shape index (κ1) is 18.3. The lowest BCUT2D eigenvalue weighted by Crippen LogP contribution is -2.38. The van der Waals surface area contributed by atoms with E-state index in [9.17, 15) is 5.02 Å². The largest absolute Gasteiger partial charge is 0.493 e. The zero-order valence-corrected chi connectivity index (χ0v) is 16.8. The summed E-state index contributed by atoms with van der Waals surface area (Å²) < 4.78 is 17.5. The summed E-state index contributed by atoms with van der Waals surface area (Å²) >= 11 is 2.01. The van der Waals surface area contributed by atoms with Gasteiger partial charge in [0.25, 0.3) is 0 Å². The van der Waals surface area contributed by atoms with E-state index in [4.69, 9.17) is 14.1 Å². The van der Waals surface area contributed by atoms with Crippen LogP contribution in [0, 0.1) is 0 Å². The molecule has 0 unspecified atom stereocenters. The SMILES string of the molecule is COc1ccc(-c2cncc([C@@H]3COB(O)C3)c2)c2c1OC1(CCSCC1)C2. The Morgan fingerprint density at radius 1 is 1.29 bits per heavy atom. The van der Waals surface area contributed by atoms with E-state index < -0.39 is 7.12 Å². The third-order valence-electron chi connectivity index (χ3n) is 6.18. The molecular weight excluding hydrogens is 373 g/mol. The highest BCUT2D eigenvalue weighted by atomic mass is 32.2. The molecule has 3 aliphatic rings. The third-order valence-corrected chi connectivity index (χ3v) is 7.17. The molecule has 1 atom stereocenters. The molecule has 0 amide bonds. The molecule has 1 aromatic carbocycles. The van der Waals surface area contributed by atoms with E-state index in [0.717, 1.165) is 53.4 Å². The average molecular weight is 397 g/mol. The summed E-state index contributed by atoms with van der Waals surface area (Å²) in [5, 5.41) is 9.70. The predicted molar refractivity (Wildman–Crippen MR) is 111 cm³/mol. The Labute approximate surface area is 169 Å². The number of benzene rings is 1. The van der Waals surface area contributed by atoms with Gasteiger partial charge in [-0.3, -0.25) is 4.98 Å². The van der Waals surface area contributed by atoms with Crippen LogP contribution in [0.2, 0.25) is 6.32 Å². The summed E-state index contributed by atoms with van der Waals surface area (Å²) in [5.74, 6) is 4.19. The maximum Gasteiger partial charge on any atom is 0.454 e. The second-order valence-corrected chi connectivity index (χ2v) is 9.15. The molecule has 146 valence electrons. The van der Waals surface area contributed by atoms with Crippen molar-refractivity contribution >= 4 is 18.9 Å². The number of rotatable bonds is 3. The lowest BCUT2D eigenvalue weighted by Gasteiger charge is -2.32.